The molecule has 0 spiro atoms. The molecule has 4 saturated heterocycles. The number of fused-ring (bicyclic) bond motifs is 3. The van der Waals surface area contributed by atoms with Crippen molar-refractivity contribution in [3.05, 3.63) is 41.6 Å². The number of hydrogen-bond donors (Lipinski definition) is 0. The highest BCUT2D eigenvalue weighted by Gasteiger charge is 2.55. The Labute approximate surface area is 146 Å². The van der Waals surface area contributed by atoms with Crippen LogP contribution in [0.2, 0.25) is 0 Å². The molecule has 6 heterocycles. The first kappa shape index (κ1) is 14.2. The molecule has 7 rings (SSSR count). The standard InChI is InChI=1S/C20H22N4O/c1-13-5-6-15-16-4-3-7-21-19(16)25-18(15)17(13)20-8-22-10-23(9-20)12-24(11-22)14(20)2/h3-7,14H,8-12H2,1-2H3. The van der Waals surface area contributed by atoms with Gasteiger partial charge in [-0.25, -0.2) is 4.98 Å². The SMILES string of the molecule is Cc1ccc2c(oc3ncccc32)c1C12CN3CN(CN(C3)C1C)C2. The molecule has 5 heteroatoms. The molecule has 0 aliphatic carbocycles. The fraction of sp³-hybridized carbons (Fsp3) is 0.450. The summed E-state index contributed by atoms with van der Waals surface area (Å²) in [7, 11) is 0. The summed E-state index contributed by atoms with van der Waals surface area (Å²) in [5, 5.41) is 2.32. The van der Waals surface area contributed by atoms with E-state index in [4.69, 9.17) is 4.42 Å². The van der Waals surface area contributed by atoms with Crippen LogP contribution in [0.5, 0.6) is 0 Å². The largest absolute Gasteiger partial charge is 0.437 e. The van der Waals surface area contributed by atoms with E-state index in [1.165, 1.54) is 16.5 Å². The molecule has 0 amide bonds. The van der Waals surface area contributed by atoms with Gasteiger partial charge >= 0.3 is 0 Å². The maximum atomic E-state index is 6.34. The summed E-state index contributed by atoms with van der Waals surface area (Å²) in [6, 6.07) is 9.10. The lowest BCUT2D eigenvalue weighted by molar-refractivity contribution is -0.172. The van der Waals surface area contributed by atoms with Gasteiger partial charge in [-0.2, -0.15) is 0 Å². The Kier molecular flexibility index (Phi) is 2.63. The molecule has 3 atom stereocenters. The number of pyridine rings is 1. The molecule has 0 saturated carbocycles. The van der Waals surface area contributed by atoms with Crippen molar-refractivity contribution in [1.82, 2.24) is 19.7 Å². The third kappa shape index (κ3) is 1.71. The van der Waals surface area contributed by atoms with E-state index in [1.54, 1.807) is 0 Å². The van der Waals surface area contributed by atoms with Crippen molar-refractivity contribution in [2.75, 3.05) is 33.1 Å². The zero-order chi connectivity index (χ0) is 16.8. The second-order valence-corrected chi connectivity index (χ2v) is 8.10. The van der Waals surface area contributed by atoms with Gasteiger partial charge in [-0.3, -0.25) is 14.7 Å². The van der Waals surface area contributed by atoms with Gasteiger partial charge in [0.2, 0.25) is 5.71 Å². The molecule has 4 fully saturated rings. The minimum Gasteiger partial charge on any atom is -0.437 e. The number of rotatable bonds is 1. The molecule has 3 unspecified atom stereocenters. The zero-order valence-electron chi connectivity index (χ0n) is 14.7. The van der Waals surface area contributed by atoms with Gasteiger partial charge in [-0.1, -0.05) is 12.1 Å². The summed E-state index contributed by atoms with van der Waals surface area (Å²) in [5.74, 6) is 0. The molecular weight excluding hydrogens is 312 g/mol. The van der Waals surface area contributed by atoms with Gasteiger partial charge in [0.1, 0.15) is 5.58 Å². The Hall–Kier alpha value is -1.95. The number of aromatic nitrogens is 1. The van der Waals surface area contributed by atoms with E-state index in [1.807, 2.05) is 12.3 Å². The molecule has 4 aliphatic rings. The normalized spacial score (nSPS) is 36.6. The van der Waals surface area contributed by atoms with Gasteiger partial charge < -0.3 is 4.42 Å². The van der Waals surface area contributed by atoms with Crippen LogP contribution in [0.3, 0.4) is 0 Å². The first-order valence-corrected chi connectivity index (χ1v) is 9.12. The van der Waals surface area contributed by atoms with Crippen molar-refractivity contribution in [1.29, 1.82) is 0 Å². The summed E-state index contributed by atoms with van der Waals surface area (Å²) < 4.78 is 6.34. The summed E-state index contributed by atoms with van der Waals surface area (Å²) in [6.07, 6.45) is 1.81. The van der Waals surface area contributed by atoms with Gasteiger partial charge in [-0.15, -0.1) is 0 Å². The number of hydrogen-bond acceptors (Lipinski definition) is 5. The smallest absolute Gasteiger partial charge is 0.227 e. The second-order valence-electron chi connectivity index (χ2n) is 8.10. The van der Waals surface area contributed by atoms with Crippen molar-refractivity contribution in [3.8, 4) is 0 Å². The van der Waals surface area contributed by atoms with Crippen molar-refractivity contribution in [2.24, 2.45) is 0 Å². The quantitative estimate of drug-likeness (QED) is 0.684. The third-order valence-electron chi connectivity index (χ3n) is 6.65. The highest BCUT2D eigenvalue weighted by Crippen LogP contribution is 2.47. The topological polar surface area (TPSA) is 35.8 Å². The molecule has 4 bridgehead atoms. The number of nitrogens with zero attached hydrogens (tertiary/aromatic N) is 4. The molecule has 25 heavy (non-hydrogen) atoms. The van der Waals surface area contributed by atoms with Crippen LogP contribution in [0.15, 0.2) is 34.9 Å². The fourth-order valence-corrected chi connectivity index (χ4v) is 5.60. The van der Waals surface area contributed by atoms with Crippen LogP contribution in [0.25, 0.3) is 22.1 Å². The maximum absolute atomic E-state index is 6.34. The Balaban J connectivity index is 1.67. The Morgan fingerprint density at radius 2 is 1.88 bits per heavy atom. The lowest BCUT2D eigenvalue weighted by atomic mass is 9.68. The Morgan fingerprint density at radius 1 is 1.08 bits per heavy atom. The van der Waals surface area contributed by atoms with Gasteiger partial charge in [0.15, 0.2) is 0 Å². The summed E-state index contributed by atoms with van der Waals surface area (Å²) in [6.45, 7) is 10.2. The number of aryl methyl sites for hydroxylation is 1. The van der Waals surface area contributed by atoms with Crippen molar-refractivity contribution in [2.45, 2.75) is 25.3 Å². The van der Waals surface area contributed by atoms with Crippen molar-refractivity contribution in [3.63, 3.8) is 0 Å². The molecule has 0 N–H and O–H groups in total. The third-order valence-corrected chi connectivity index (χ3v) is 6.65. The molecule has 4 aliphatic heterocycles. The van der Waals surface area contributed by atoms with Crippen LogP contribution < -0.4 is 0 Å². The van der Waals surface area contributed by atoms with E-state index in [-0.39, 0.29) is 5.41 Å². The van der Waals surface area contributed by atoms with E-state index in [2.05, 4.69) is 51.7 Å². The van der Waals surface area contributed by atoms with Crippen LogP contribution in [-0.4, -0.2) is 58.8 Å². The average molecular weight is 334 g/mol. The predicted molar refractivity (Wildman–Crippen MR) is 97.2 cm³/mol. The highest BCUT2D eigenvalue weighted by molar-refractivity contribution is 6.05. The lowest BCUT2D eigenvalue weighted by Gasteiger charge is -2.64. The van der Waals surface area contributed by atoms with Crippen molar-refractivity contribution < 1.29 is 4.42 Å². The molecule has 128 valence electrons. The zero-order valence-corrected chi connectivity index (χ0v) is 14.7. The molecule has 1 aromatic carbocycles. The summed E-state index contributed by atoms with van der Waals surface area (Å²) in [4.78, 5) is 12.2. The fourth-order valence-electron chi connectivity index (χ4n) is 5.60. The highest BCUT2D eigenvalue weighted by atomic mass is 16.3. The summed E-state index contributed by atoms with van der Waals surface area (Å²) >= 11 is 0. The maximum Gasteiger partial charge on any atom is 0.227 e. The van der Waals surface area contributed by atoms with Crippen LogP contribution in [0, 0.1) is 6.92 Å². The molecule has 5 nitrogen and oxygen atoms in total. The van der Waals surface area contributed by atoms with Crippen LogP contribution >= 0.6 is 0 Å². The van der Waals surface area contributed by atoms with Gasteiger partial charge in [0, 0.05) is 47.1 Å². The van der Waals surface area contributed by atoms with E-state index in [0.29, 0.717) is 6.04 Å². The molecule has 0 radical (unpaired) electrons. The second kappa shape index (κ2) is 4.61. The Bertz CT molecular complexity index is 996. The number of furan rings is 1. The van der Waals surface area contributed by atoms with Crippen LogP contribution in [-0.2, 0) is 5.41 Å². The van der Waals surface area contributed by atoms with Crippen molar-refractivity contribution >= 4 is 22.1 Å². The minimum atomic E-state index is 0.103. The molecule has 2 aromatic heterocycles. The van der Waals surface area contributed by atoms with Crippen LogP contribution in [0.4, 0.5) is 0 Å². The van der Waals surface area contributed by atoms with E-state index < -0.39 is 0 Å². The Morgan fingerprint density at radius 3 is 2.68 bits per heavy atom. The molecule has 3 aromatic rings. The predicted octanol–water partition coefficient (Wildman–Crippen LogP) is 2.74. The first-order chi connectivity index (χ1) is 12.2. The minimum absolute atomic E-state index is 0.103. The van der Waals surface area contributed by atoms with E-state index in [9.17, 15) is 0 Å². The first-order valence-electron chi connectivity index (χ1n) is 9.12. The van der Waals surface area contributed by atoms with Gasteiger partial charge in [0.25, 0.3) is 0 Å². The van der Waals surface area contributed by atoms with Gasteiger partial charge in [0.05, 0.1) is 20.0 Å². The van der Waals surface area contributed by atoms with Gasteiger partial charge in [-0.05, 0) is 31.5 Å². The van der Waals surface area contributed by atoms with Crippen LogP contribution in [0.1, 0.15) is 18.1 Å². The summed E-state index contributed by atoms with van der Waals surface area (Å²) in [5.41, 5.74) is 4.64. The monoisotopic (exact) mass is 334 g/mol. The van der Waals surface area contributed by atoms with E-state index >= 15 is 0 Å². The lowest BCUT2D eigenvalue weighted by Crippen LogP contribution is -2.77. The number of benzene rings is 1. The average Bonchev–Trinajstić information content (AvgIpc) is 2.97. The molecular formula is C20H22N4O. The van der Waals surface area contributed by atoms with E-state index in [0.717, 1.165) is 49.8 Å².